The van der Waals surface area contributed by atoms with Crippen molar-refractivity contribution >= 4 is 11.8 Å². The van der Waals surface area contributed by atoms with Crippen molar-refractivity contribution in [2.75, 3.05) is 12.3 Å². The van der Waals surface area contributed by atoms with Crippen molar-refractivity contribution in [3.63, 3.8) is 0 Å². The summed E-state index contributed by atoms with van der Waals surface area (Å²) in [5, 5.41) is 9.02. The fraction of sp³-hybridized carbons (Fsp3) is 0.438. The molecule has 0 aromatic heterocycles. The Hall–Kier alpha value is -1.60. The number of nitrogens with zero attached hydrogens (tertiary/aromatic N) is 2. The second-order valence-corrected chi connectivity index (χ2v) is 6.95. The molecular weight excluding hydrogens is 268 g/mol. The number of fused-ring (bicyclic) bond motifs is 1. The maximum absolute atomic E-state index is 9.02. The van der Waals surface area contributed by atoms with Gasteiger partial charge in [-0.05, 0) is 51.1 Å². The zero-order chi connectivity index (χ0) is 14.8. The summed E-state index contributed by atoms with van der Waals surface area (Å²) in [6.45, 7) is 11.8. The van der Waals surface area contributed by atoms with Gasteiger partial charge in [-0.2, -0.15) is 5.26 Å². The quantitative estimate of drug-likeness (QED) is 0.777. The first-order valence-electron chi connectivity index (χ1n) is 6.68. The molecule has 0 saturated carbocycles. The summed E-state index contributed by atoms with van der Waals surface area (Å²) >= 11 is 1.82. The molecule has 0 amide bonds. The maximum atomic E-state index is 9.02. The van der Waals surface area contributed by atoms with Gasteiger partial charge in [-0.3, -0.25) is 0 Å². The van der Waals surface area contributed by atoms with Crippen LogP contribution in [0.15, 0.2) is 35.6 Å². The molecule has 0 fully saturated rings. The number of rotatable bonds is 2. The van der Waals surface area contributed by atoms with Gasteiger partial charge >= 0.3 is 0 Å². The van der Waals surface area contributed by atoms with Crippen LogP contribution in [0.4, 0.5) is 0 Å². The van der Waals surface area contributed by atoms with Crippen molar-refractivity contribution in [1.29, 1.82) is 5.26 Å². The number of hydrogen-bond donors (Lipinski definition) is 0. The predicted molar refractivity (Wildman–Crippen MR) is 82.3 cm³/mol. The normalized spacial score (nSPS) is 15.0. The molecule has 0 aliphatic carbocycles. The summed E-state index contributed by atoms with van der Waals surface area (Å²) < 4.78 is 5.86. The van der Waals surface area contributed by atoms with E-state index < -0.39 is 0 Å². The van der Waals surface area contributed by atoms with Crippen LogP contribution in [0.2, 0.25) is 0 Å². The van der Waals surface area contributed by atoms with Crippen LogP contribution >= 0.6 is 11.8 Å². The Morgan fingerprint density at radius 2 is 2.20 bits per heavy atom. The first-order chi connectivity index (χ1) is 9.39. The van der Waals surface area contributed by atoms with Crippen molar-refractivity contribution in [3.8, 4) is 6.07 Å². The van der Waals surface area contributed by atoms with E-state index in [-0.39, 0.29) is 5.60 Å². The van der Waals surface area contributed by atoms with Gasteiger partial charge in [0.15, 0.2) is 5.88 Å². The smallest absolute Gasteiger partial charge is 0.182 e. The van der Waals surface area contributed by atoms with E-state index in [0.717, 1.165) is 18.8 Å². The van der Waals surface area contributed by atoms with E-state index >= 15 is 0 Å². The molecule has 0 unspecified atom stereocenters. The average molecular weight is 288 g/mol. The Bertz CT molecular complexity index is 555. The van der Waals surface area contributed by atoms with Crippen LogP contribution in [0.25, 0.3) is 0 Å². The number of hydrogen-bond acceptors (Lipinski definition) is 4. The number of nitriles is 1. The maximum Gasteiger partial charge on any atom is 0.182 e. The average Bonchev–Trinajstić information content (AvgIpc) is 2.57. The molecule has 20 heavy (non-hydrogen) atoms. The van der Waals surface area contributed by atoms with Crippen LogP contribution < -0.4 is 0 Å². The van der Waals surface area contributed by atoms with Gasteiger partial charge in [-0.1, -0.05) is 0 Å². The van der Waals surface area contributed by atoms with Gasteiger partial charge in [-0.15, -0.1) is 11.8 Å². The third kappa shape index (κ3) is 3.71. The predicted octanol–water partition coefficient (Wildman–Crippen LogP) is 3.75. The third-order valence-corrected chi connectivity index (χ3v) is 4.04. The van der Waals surface area contributed by atoms with Gasteiger partial charge < -0.3 is 9.64 Å². The molecule has 0 atom stereocenters. The number of ether oxygens (including phenoxy) is 1. The first-order valence-corrected chi connectivity index (χ1v) is 7.66. The number of thioether (sulfide) groups is 1. The molecule has 0 saturated heterocycles. The van der Waals surface area contributed by atoms with E-state index in [1.54, 1.807) is 0 Å². The molecule has 0 radical (unpaired) electrons. The fourth-order valence-electron chi connectivity index (χ4n) is 2.09. The summed E-state index contributed by atoms with van der Waals surface area (Å²) in [6.07, 6.45) is 0. The monoisotopic (exact) mass is 288 g/mol. The molecule has 2 rings (SSSR count). The number of benzene rings is 1. The Morgan fingerprint density at radius 3 is 2.85 bits per heavy atom. The lowest BCUT2D eigenvalue weighted by atomic mass is 10.1. The lowest BCUT2D eigenvalue weighted by Crippen LogP contribution is -2.30. The van der Waals surface area contributed by atoms with E-state index in [4.69, 9.17) is 10.00 Å². The third-order valence-electron chi connectivity index (χ3n) is 2.95. The van der Waals surface area contributed by atoms with E-state index in [1.807, 2.05) is 50.7 Å². The summed E-state index contributed by atoms with van der Waals surface area (Å²) in [7, 11) is 0. The van der Waals surface area contributed by atoms with Gasteiger partial charge in [0, 0.05) is 23.7 Å². The van der Waals surface area contributed by atoms with Crippen molar-refractivity contribution in [3.05, 3.63) is 41.8 Å². The van der Waals surface area contributed by atoms with Crippen molar-refractivity contribution in [1.82, 2.24) is 4.90 Å². The van der Waals surface area contributed by atoms with Crippen LogP contribution in [0.1, 0.15) is 31.9 Å². The standard InChI is InChI=1S/C16H20N2OS/c1-12(19-16(2,3)4)18-7-8-20-15-6-5-13(10-17)9-14(15)11-18/h5-6,9H,1,7-8,11H2,2-4H3. The van der Waals surface area contributed by atoms with Gasteiger partial charge in [0.1, 0.15) is 5.60 Å². The fourth-order valence-corrected chi connectivity index (χ4v) is 3.10. The second-order valence-electron chi connectivity index (χ2n) is 5.81. The summed E-state index contributed by atoms with van der Waals surface area (Å²) in [5.74, 6) is 1.69. The van der Waals surface area contributed by atoms with Crippen LogP contribution in [0, 0.1) is 11.3 Å². The molecule has 1 aromatic rings. The lowest BCUT2D eigenvalue weighted by molar-refractivity contribution is 0.00236. The minimum Gasteiger partial charge on any atom is -0.474 e. The molecule has 0 N–H and O–H groups in total. The Kier molecular flexibility index (Phi) is 4.29. The van der Waals surface area contributed by atoms with E-state index in [1.165, 1.54) is 10.5 Å². The van der Waals surface area contributed by atoms with Gasteiger partial charge in [0.25, 0.3) is 0 Å². The molecule has 1 heterocycles. The summed E-state index contributed by atoms with van der Waals surface area (Å²) in [5.41, 5.74) is 1.63. The van der Waals surface area contributed by atoms with Crippen LogP contribution in [0.5, 0.6) is 0 Å². The summed E-state index contributed by atoms with van der Waals surface area (Å²) in [6, 6.07) is 8.08. The Balaban J connectivity index is 2.19. The zero-order valence-electron chi connectivity index (χ0n) is 12.3. The van der Waals surface area contributed by atoms with Crippen LogP contribution in [-0.4, -0.2) is 22.8 Å². The molecule has 3 nitrogen and oxygen atoms in total. The Morgan fingerprint density at radius 1 is 1.45 bits per heavy atom. The van der Waals surface area contributed by atoms with E-state index in [2.05, 4.69) is 17.5 Å². The molecule has 106 valence electrons. The highest BCUT2D eigenvalue weighted by Gasteiger charge is 2.20. The molecule has 1 aliphatic rings. The molecule has 4 heteroatoms. The lowest BCUT2D eigenvalue weighted by Gasteiger charge is -2.30. The highest BCUT2D eigenvalue weighted by molar-refractivity contribution is 7.99. The summed E-state index contributed by atoms with van der Waals surface area (Å²) in [4.78, 5) is 3.39. The van der Waals surface area contributed by atoms with Gasteiger partial charge in [0.2, 0.25) is 0 Å². The van der Waals surface area contributed by atoms with Gasteiger partial charge in [-0.25, -0.2) is 0 Å². The molecule has 1 aromatic carbocycles. The molecule has 1 aliphatic heterocycles. The van der Waals surface area contributed by atoms with E-state index in [0.29, 0.717) is 11.4 Å². The second kappa shape index (κ2) is 5.80. The zero-order valence-corrected chi connectivity index (χ0v) is 13.1. The highest BCUT2D eigenvalue weighted by atomic mass is 32.2. The van der Waals surface area contributed by atoms with Gasteiger partial charge in [0.05, 0.1) is 11.6 Å². The van der Waals surface area contributed by atoms with E-state index in [9.17, 15) is 0 Å². The molecule has 0 bridgehead atoms. The first kappa shape index (κ1) is 14.8. The largest absolute Gasteiger partial charge is 0.474 e. The Labute approximate surface area is 125 Å². The van der Waals surface area contributed by atoms with Crippen molar-refractivity contribution in [2.45, 2.75) is 37.8 Å². The SMILES string of the molecule is C=C(OC(C)(C)C)N1CCSc2ccc(C#N)cc2C1. The minimum atomic E-state index is -0.242. The van der Waals surface area contributed by atoms with Crippen molar-refractivity contribution in [2.24, 2.45) is 0 Å². The van der Waals surface area contributed by atoms with Crippen molar-refractivity contribution < 1.29 is 4.74 Å². The molecule has 0 spiro atoms. The van der Waals surface area contributed by atoms with Crippen LogP contribution in [-0.2, 0) is 11.3 Å². The highest BCUT2D eigenvalue weighted by Crippen LogP contribution is 2.30. The molecular formula is C16H20N2OS. The topological polar surface area (TPSA) is 36.3 Å². The van der Waals surface area contributed by atoms with Crippen LogP contribution in [0.3, 0.4) is 0 Å². The minimum absolute atomic E-state index is 0.242.